The van der Waals surface area contributed by atoms with Gasteiger partial charge in [0, 0.05) is 48.4 Å². The van der Waals surface area contributed by atoms with Gasteiger partial charge in [-0.25, -0.2) is 4.98 Å². The molecule has 3 aromatic rings. The van der Waals surface area contributed by atoms with E-state index >= 15 is 0 Å². The number of pyridine rings is 1. The molecule has 1 saturated heterocycles. The molecule has 0 saturated carbocycles. The molecule has 3 heterocycles. The summed E-state index contributed by atoms with van der Waals surface area (Å²) in [6, 6.07) is 7.75. The summed E-state index contributed by atoms with van der Waals surface area (Å²) in [5, 5.41) is 1.60. The maximum Gasteiger partial charge on any atom is 0.226 e. The first-order valence-electron chi connectivity index (χ1n) is 12.1. The molecule has 1 aliphatic rings. The highest BCUT2D eigenvalue weighted by Gasteiger charge is 2.17. The van der Waals surface area contributed by atoms with Crippen LogP contribution in [0.4, 0.5) is 0 Å². The highest BCUT2D eigenvalue weighted by molar-refractivity contribution is 6.34. The van der Waals surface area contributed by atoms with Crippen molar-refractivity contribution in [3.63, 3.8) is 0 Å². The first-order chi connectivity index (χ1) is 17.1. The van der Waals surface area contributed by atoms with E-state index in [1.165, 1.54) is 0 Å². The van der Waals surface area contributed by atoms with Crippen molar-refractivity contribution in [1.29, 1.82) is 0 Å². The molecule has 7 heteroatoms. The van der Waals surface area contributed by atoms with Crippen LogP contribution < -0.4 is 4.74 Å². The quantitative estimate of drug-likeness (QED) is 0.379. The summed E-state index contributed by atoms with van der Waals surface area (Å²) in [5.41, 5.74) is 4.75. The van der Waals surface area contributed by atoms with Crippen LogP contribution in [0, 0.1) is 0 Å². The van der Waals surface area contributed by atoms with Gasteiger partial charge in [0.25, 0.3) is 0 Å². The summed E-state index contributed by atoms with van der Waals surface area (Å²) in [6.45, 7) is 8.68. The van der Waals surface area contributed by atoms with E-state index in [9.17, 15) is 4.79 Å². The lowest BCUT2D eigenvalue weighted by molar-refractivity contribution is -0.134. The van der Waals surface area contributed by atoms with E-state index in [1.807, 2.05) is 61.5 Å². The average molecular weight is 496 g/mol. The number of morpholine rings is 1. The number of amides is 1. The zero-order valence-electron chi connectivity index (χ0n) is 20.9. The van der Waals surface area contributed by atoms with Crippen LogP contribution in [0.5, 0.6) is 5.75 Å². The average Bonchev–Trinajstić information content (AvgIpc) is 3.33. The Bertz CT molecular complexity index is 1190. The number of halogens is 1. The molecule has 1 aliphatic heterocycles. The van der Waals surface area contributed by atoms with E-state index in [0.717, 1.165) is 39.7 Å². The topological polar surface area (TPSA) is 67.5 Å². The van der Waals surface area contributed by atoms with Crippen molar-refractivity contribution in [1.82, 2.24) is 14.9 Å². The van der Waals surface area contributed by atoms with Crippen LogP contribution in [0.15, 0.2) is 54.9 Å². The first-order valence-corrected chi connectivity index (χ1v) is 12.5. The summed E-state index contributed by atoms with van der Waals surface area (Å²) < 4.78 is 10.9. The molecule has 0 bridgehead atoms. The van der Waals surface area contributed by atoms with Gasteiger partial charge in [0.15, 0.2) is 0 Å². The largest absolute Gasteiger partial charge is 0.496 e. The van der Waals surface area contributed by atoms with Gasteiger partial charge in [0.05, 0.1) is 25.3 Å². The van der Waals surface area contributed by atoms with E-state index in [4.69, 9.17) is 21.1 Å². The number of nitrogens with one attached hydrogen (secondary N) is 1. The lowest BCUT2D eigenvalue weighted by atomic mass is 10.00. The van der Waals surface area contributed by atoms with Gasteiger partial charge in [-0.05, 0) is 35.8 Å². The van der Waals surface area contributed by atoms with E-state index in [2.05, 4.69) is 29.0 Å². The highest BCUT2D eigenvalue weighted by Crippen LogP contribution is 2.40. The lowest BCUT2D eigenvalue weighted by Gasteiger charge is -2.26. The Morgan fingerprint density at radius 3 is 2.77 bits per heavy atom. The third-order valence-corrected chi connectivity index (χ3v) is 6.15. The molecule has 1 amide bonds. The van der Waals surface area contributed by atoms with E-state index in [-0.39, 0.29) is 5.91 Å². The van der Waals surface area contributed by atoms with Crippen molar-refractivity contribution >= 4 is 34.1 Å². The fourth-order valence-corrected chi connectivity index (χ4v) is 4.30. The van der Waals surface area contributed by atoms with Crippen molar-refractivity contribution in [2.75, 3.05) is 33.4 Å². The zero-order valence-corrected chi connectivity index (χ0v) is 21.7. The van der Waals surface area contributed by atoms with Gasteiger partial charge in [0.2, 0.25) is 5.91 Å². The van der Waals surface area contributed by atoms with Crippen molar-refractivity contribution in [2.45, 2.75) is 33.6 Å². The van der Waals surface area contributed by atoms with E-state index < -0.39 is 0 Å². The predicted molar refractivity (Wildman–Crippen MR) is 144 cm³/mol. The number of H-pyrrole nitrogens is 1. The smallest absolute Gasteiger partial charge is 0.226 e. The van der Waals surface area contributed by atoms with Gasteiger partial charge < -0.3 is 19.4 Å². The molecule has 35 heavy (non-hydrogen) atoms. The Labute approximate surface area is 212 Å². The number of rotatable bonds is 7. The Morgan fingerprint density at radius 1 is 1.29 bits per heavy atom. The number of benzene rings is 1. The van der Waals surface area contributed by atoms with Crippen LogP contribution >= 0.6 is 11.6 Å². The fourth-order valence-electron chi connectivity index (χ4n) is 4.03. The summed E-state index contributed by atoms with van der Waals surface area (Å²) in [7, 11) is 1.64. The second-order valence-electron chi connectivity index (χ2n) is 7.81. The highest BCUT2D eigenvalue weighted by atomic mass is 35.5. The lowest BCUT2D eigenvalue weighted by Crippen LogP contribution is -2.40. The summed E-state index contributed by atoms with van der Waals surface area (Å²) in [6.07, 6.45) is 10.9. The first kappa shape index (κ1) is 26.5. The van der Waals surface area contributed by atoms with Gasteiger partial charge in [-0.3, -0.25) is 4.79 Å². The molecule has 0 spiro atoms. The van der Waals surface area contributed by atoms with E-state index in [1.54, 1.807) is 7.11 Å². The number of aromatic amines is 1. The fraction of sp³-hybridized carbons (Fsp3) is 0.357. The number of nitrogens with zero attached hydrogens (tertiary/aromatic N) is 2. The van der Waals surface area contributed by atoms with Crippen LogP contribution in [-0.2, 0) is 9.53 Å². The van der Waals surface area contributed by atoms with Crippen LogP contribution in [-0.4, -0.2) is 54.2 Å². The Hall–Kier alpha value is -3.09. The molecule has 2 aromatic heterocycles. The van der Waals surface area contributed by atoms with Crippen molar-refractivity contribution in [3.05, 3.63) is 65.5 Å². The monoisotopic (exact) mass is 495 g/mol. The standard InChI is InChI=1S/C26H28ClN3O3.C2H6/c1-3-18(7-4-5-10-24(31)30-11-13-33-14-12-30)19-15-20-21(17-29-26(20)28-16-19)25-22(27)8-6-9-23(25)32-2;1-2/h4-9,15-17H,3,10-14H2,1-2H3,(H,28,29);1-2H3/b5-4-,18-7+;. The SMILES string of the molecule is CC.CC/C(=C\C=C/CC(=O)N1CCOCC1)c1cnc2[nH]cc(-c3c(Cl)cccc3OC)c2c1. The maximum atomic E-state index is 12.3. The molecular weight excluding hydrogens is 462 g/mol. The molecule has 1 fully saturated rings. The maximum absolute atomic E-state index is 12.3. The number of carbonyl (C=O) groups is 1. The third kappa shape index (κ3) is 6.32. The Kier molecular flexibility index (Phi) is 9.94. The zero-order chi connectivity index (χ0) is 25.2. The molecule has 0 radical (unpaired) electrons. The third-order valence-electron chi connectivity index (χ3n) is 5.84. The number of fused-ring (bicyclic) bond motifs is 1. The number of hydrogen-bond acceptors (Lipinski definition) is 4. The molecule has 0 unspecified atom stereocenters. The summed E-state index contributed by atoms with van der Waals surface area (Å²) in [4.78, 5) is 22.0. The summed E-state index contributed by atoms with van der Waals surface area (Å²) in [5.74, 6) is 0.850. The predicted octanol–water partition coefficient (Wildman–Crippen LogP) is 6.52. The van der Waals surface area contributed by atoms with Gasteiger partial charge in [0.1, 0.15) is 11.4 Å². The minimum Gasteiger partial charge on any atom is -0.496 e. The van der Waals surface area contributed by atoms with Crippen LogP contribution in [0.2, 0.25) is 5.02 Å². The minimum atomic E-state index is 0.134. The molecule has 4 rings (SSSR count). The molecule has 6 nitrogen and oxygen atoms in total. The Balaban J connectivity index is 0.00000167. The van der Waals surface area contributed by atoms with Crippen LogP contribution in [0.1, 0.15) is 39.2 Å². The van der Waals surface area contributed by atoms with Crippen molar-refractivity contribution < 1.29 is 14.3 Å². The molecule has 1 aromatic carbocycles. The number of ether oxygens (including phenoxy) is 2. The van der Waals surface area contributed by atoms with Crippen LogP contribution in [0.3, 0.4) is 0 Å². The molecule has 0 atom stereocenters. The number of carbonyl (C=O) groups excluding carboxylic acids is 1. The molecule has 0 aliphatic carbocycles. The second-order valence-corrected chi connectivity index (χ2v) is 8.22. The second kappa shape index (κ2) is 13.1. The normalized spacial score (nSPS) is 14.2. The summed E-state index contributed by atoms with van der Waals surface area (Å²) >= 11 is 6.52. The van der Waals surface area contributed by atoms with Crippen molar-refractivity contribution in [2.24, 2.45) is 0 Å². The van der Waals surface area contributed by atoms with Gasteiger partial charge in [-0.1, -0.05) is 56.7 Å². The number of methoxy groups -OCH3 is 1. The molecular formula is C28H34ClN3O3. The number of allylic oxidation sites excluding steroid dienone is 3. The number of hydrogen-bond donors (Lipinski definition) is 1. The number of aromatic nitrogens is 2. The van der Waals surface area contributed by atoms with Gasteiger partial charge >= 0.3 is 0 Å². The van der Waals surface area contributed by atoms with Gasteiger partial charge in [-0.2, -0.15) is 0 Å². The van der Waals surface area contributed by atoms with Gasteiger partial charge in [-0.15, -0.1) is 0 Å². The van der Waals surface area contributed by atoms with Crippen molar-refractivity contribution in [3.8, 4) is 16.9 Å². The minimum absolute atomic E-state index is 0.134. The molecule has 1 N–H and O–H groups in total. The Morgan fingerprint density at radius 2 is 2.06 bits per heavy atom. The molecule has 186 valence electrons. The van der Waals surface area contributed by atoms with Crippen LogP contribution in [0.25, 0.3) is 27.7 Å². The van der Waals surface area contributed by atoms with E-state index in [0.29, 0.717) is 43.5 Å².